The first-order valence-electron chi connectivity index (χ1n) is 24.9. The number of carbonyl (C=O) groups excluding carboxylic acids is 2. The molecule has 0 amide bonds. The van der Waals surface area contributed by atoms with Crippen molar-refractivity contribution in [2.75, 3.05) is 26.4 Å². The highest BCUT2D eigenvalue weighted by molar-refractivity contribution is 7.47. The molecular weight excluding hydrogens is 816 g/mol. The van der Waals surface area contributed by atoms with Crippen molar-refractivity contribution in [2.45, 2.75) is 219 Å². The van der Waals surface area contributed by atoms with Gasteiger partial charge < -0.3 is 24.6 Å². The average molecular weight is 907 g/mol. The number of ether oxygens (including phenoxy) is 2. The van der Waals surface area contributed by atoms with Crippen LogP contribution in [-0.2, 0) is 32.7 Å². The van der Waals surface area contributed by atoms with Crippen molar-refractivity contribution in [3.05, 3.63) is 72.9 Å². The Bertz CT molecular complexity index is 1270. The normalized spacial score (nSPS) is 14.3. The Morgan fingerprint density at radius 2 is 0.873 bits per heavy atom. The van der Waals surface area contributed by atoms with Crippen LogP contribution in [0.2, 0.25) is 0 Å². The van der Waals surface area contributed by atoms with Crippen LogP contribution in [0, 0.1) is 0 Å². The summed E-state index contributed by atoms with van der Waals surface area (Å²) in [5.41, 5.74) is 0. The minimum Gasteiger partial charge on any atom is -0.462 e. The van der Waals surface area contributed by atoms with E-state index in [-0.39, 0.29) is 19.4 Å². The summed E-state index contributed by atoms with van der Waals surface area (Å²) < 4.78 is 32.8. The third kappa shape index (κ3) is 47.2. The van der Waals surface area contributed by atoms with Gasteiger partial charge in [0.25, 0.3) is 0 Å². The lowest BCUT2D eigenvalue weighted by atomic mass is 10.0. The predicted octanol–water partition coefficient (Wildman–Crippen LogP) is 14.0. The van der Waals surface area contributed by atoms with Gasteiger partial charge in [-0.3, -0.25) is 18.6 Å². The summed E-state index contributed by atoms with van der Waals surface area (Å²) >= 11 is 0. The second-order valence-corrected chi connectivity index (χ2v) is 17.9. The molecule has 0 radical (unpaired) electrons. The maximum Gasteiger partial charge on any atom is 0.472 e. The summed E-state index contributed by atoms with van der Waals surface area (Å²) in [6, 6.07) is 0. The first kappa shape index (κ1) is 60.4. The van der Waals surface area contributed by atoms with Crippen LogP contribution in [0.3, 0.4) is 0 Å². The van der Waals surface area contributed by atoms with Gasteiger partial charge in [0.05, 0.1) is 19.8 Å². The van der Waals surface area contributed by atoms with Crippen LogP contribution in [-0.4, -0.2) is 65.7 Å². The van der Waals surface area contributed by atoms with E-state index < -0.39 is 51.8 Å². The zero-order valence-corrected chi connectivity index (χ0v) is 40.7. The van der Waals surface area contributed by atoms with E-state index in [1.807, 2.05) is 12.2 Å². The molecule has 0 aromatic rings. The average Bonchev–Trinajstić information content (AvgIpc) is 3.27. The molecule has 1 unspecified atom stereocenters. The van der Waals surface area contributed by atoms with E-state index in [1.165, 1.54) is 109 Å². The SMILES string of the molecule is CC/C=C/C/C=C/C/C=C/C/C=C/C/C=C/C/C=C/CCC(=O)OC[C@H](COP(=O)(O)OC[C@@H](O)CO)OC(=O)CCCCCCCCCCCCCCCCCCCCCCC. The fourth-order valence-electron chi connectivity index (χ4n) is 6.61. The van der Waals surface area contributed by atoms with E-state index in [0.29, 0.717) is 12.8 Å². The van der Waals surface area contributed by atoms with Gasteiger partial charge in [-0.15, -0.1) is 0 Å². The van der Waals surface area contributed by atoms with Crippen LogP contribution in [0.15, 0.2) is 72.9 Å². The molecule has 0 rings (SSSR count). The van der Waals surface area contributed by atoms with Crippen LogP contribution >= 0.6 is 7.82 Å². The Morgan fingerprint density at radius 3 is 1.29 bits per heavy atom. The summed E-state index contributed by atoms with van der Waals surface area (Å²) in [5.74, 6) is -1.02. The number of phosphoric ester groups is 1. The molecule has 11 heteroatoms. The molecule has 0 aliphatic rings. The lowest BCUT2D eigenvalue weighted by Gasteiger charge is -2.20. The molecule has 0 heterocycles. The van der Waals surface area contributed by atoms with Crippen molar-refractivity contribution in [1.82, 2.24) is 0 Å². The Kier molecular flexibility index (Phi) is 45.4. The van der Waals surface area contributed by atoms with Gasteiger partial charge in [-0.2, -0.15) is 0 Å². The number of hydrogen-bond acceptors (Lipinski definition) is 9. The smallest absolute Gasteiger partial charge is 0.462 e. The molecule has 0 bridgehead atoms. The summed E-state index contributed by atoms with van der Waals surface area (Å²) in [4.78, 5) is 35.1. The van der Waals surface area contributed by atoms with E-state index in [0.717, 1.165) is 57.8 Å². The highest BCUT2D eigenvalue weighted by atomic mass is 31.2. The first-order valence-corrected chi connectivity index (χ1v) is 26.4. The number of aliphatic hydroxyl groups is 2. The molecule has 63 heavy (non-hydrogen) atoms. The van der Waals surface area contributed by atoms with Crippen LogP contribution in [0.5, 0.6) is 0 Å². The van der Waals surface area contributed by atoms with Gasteiger partial charge in [-0.1, -0.05) is 215 Å². The molecule has 0 aromatic heterocycles. The van der Waals surface area contributed by atoms with Crippen molar-refractivity contribution in [3.63, 3.8) is 0 Å². The van der Waals surface area contributed by atoms with Gasteiger partial charge >= 0.3 is 19.8 Å². The maximum atomic E-state index is 12.7. The van der Waals surface area contributed by atoms with Gasteiger partial charge in [0.15, 0.2) is 6.10 Å². The molecule has 0 saturated carbocycles. The van der Waals surface area contributed by atoms with Gasteiger partial charge in [0, 0.05) is 12.8 Å². The third-order valence-electron chi connectivity index (χ3n) is 10.4. The van der Waals surface area contributed by atoms with Crippen molar-refractivity contribution < 1.29 is 47.8 Å². The largest absolute Gasteiger partial charge is 0.472 e. The highest BCUT2D eigenvalue weighted by Crippen LogP contribution is 2.43. The van der Waals surface area contributed by atoms with E-state index in [2.05, 4.69) is 74.6 Å². The Balaban J connectivity index is 4.29. The fourth-order valence-corrected chi connectivity index (χ4v) is 7.40. The minimum absolute atomic E-state index is 0.115. The van der Waals surface area contributed by atoms with E-state index in [1.54, 1.807) is 0 Å². The number of carbonyl (C=O) groups is 2. The summed E-state index contributed by atoms with van der Waals surface area (Å²) in [6.07, 6.45) is 56.0. The second kappa shape index (κ2) is 47.4. The molecule has 3 N–H and O–H groups in total. The molecular formula is C52H91O10P. The molecule has 10 nitrogen and oxygen atoms in total. The molecule has 0 aliphatic heterocycles. The number of esters is 2. The third-order valence-corrected chi connectivity index (χ3v) is 11.3. The fraction of sp³-hybridized carbons (Fsp3) is 0.731. The number of phosphoric acid groups is 1. The summed E-state index contributed by atoms with van der Waals surface area (Å²) in [5, 5.41) is 18.4. The van der Waals surface area contributed by atoms with Gasteiger partial charge in [-0.05, 0) is 51.4 Å². The monoisotopic (exact) mass is 907 g/mol. The predicted molar refractivity (Wildman–Crippen MR) is 260 cm³/mol. The van der Waals surface area contributed by atoms with E-state index >= 15 is 0 Å². The highest BCUT2D eigenvalue weighted by Gasteiger charge is 2.27. The topological polar surface area (TPSA) is 149 Å². The van der Waals surface area contributed by atoms with Crippen molar-refractivity contribution >= 4 is 19.8 Å². The lowest BCUT2D eigenvalue weighted by molar-refractivity contribution is -0.161. The molecule has 0 aromatic carbocycles. The van der Waals surface area contributed by atoms with E-state index in [4.69, 9.17) is 23.6 Å². The standard InChI is InChI=1S/C52H91O10P/c1-3-5-7-9-11-13-15-17-19-21-23-24-26-28-30-32-34-36-38-40-42-44-52(56)62-50(48-61-63(57,58)60-46-49(54)45-53)47-59-51(55)43-41-39-37-35-33-31-29-27-25-22-20-18-16-14-12-10-8-6-4-2/h6,8,12,14,18,20,25,27,31,33,37,39,49-50,53-54H,3-5,7,9-11,13,15-17,19,21-24,26,28-30,32,34-36,38,40-48H2,1-2H3,(H,57,58)/b8-6+,14-12+,20-18+,27-25+,33-31+,39-37+/t49-,50+/m0/s1. The van der Waals surface area contributed by atoms with Crippen molar-refractivity contribution in [3.8, 4) is 0 Å². The molecule has 364 valence electrons. The van der Waals surface area contributed by atoms with Gasteiger partial charge in [-0.25, -0.2) is 4.57 Å². The van der Waals surface area contributed by atoms with Crippen LogP contribution in [0.1, 0.15) is 206 Å². The van der Waals surface area contributed by atoms with Crippen LogP contribution < -0.4 is 0 Å². The maximum absolute atomic E-state index is 12.7. The van der Waals surface area contributed by atoms with Gasteiger partial charge in [0.2, 0.25) is 0 Å². The first-order chi connectivity index (χ1) is 30.7. The zero-order chi connectivity index (χ0) is 46.2. The quantitative estimate of drug-likeness (QED) is 0.0233. The van der Waals surface area contributed by atoms with E-state index in [9.17, 15) is 24.2 Å². The van der Waals surface area contributed by atoms with Gasteiger partial charge in [0.1, 0.15) is 12.7 Å². The minimum atomic E-state index is -4.64. The number of hydrogen-bond donors (Lipinski definition) is 3. The number of rotatable bonds is 46. The lowest BCUT2D eigenvalue weighted by Crippen LogP contribution is -2.29. The van der Waals surface area contributed by atoms with Crippen LogP contribution in [0.4, 0.5) is 0 Å². The number of aliphatic hydroxyl groups excluding tert-OH is 2. The second-order valence-electron chi connectivity index (χ2n) is 16.5. The number of allylic oxidation sites excluding steroid dienone is 12. The Morgan fingerprint density at radius 1 is 0.492 bits per heavy atom. The van der Waals surface area contributed by atoms with Crippen molar-refractivity contribution in [1.29, 1.82) is 0 Å². The molecule has 0 fully saturated rings. The molecule has 3 atom stereocenters. The zero-order valence-electron chi connectivity index (χ0n) is 39.8. The van der Waals surface area contributed by atoms with Crippen molar-refractivity contribution in [2.24, 2.45) is 0 Å². The summed E-state index contributed by atoms with van der Waals surface area (Å²) in [6.45, 7) is 2.21. The molecule has 0 spiro atoms. The Hall–Kier alpha value is -2.59. The Labute approximate surface area is 384 Å². The summed E-state index contributed by atoms with van der Waals surface area (Å²) in [7, 11) is -4.64. The molecule has 0 saturated heterocycles. The molecule has 0 aliphatic carbocycles. The van der Waals surface area contributed by atoms with Crippen LogP contribution in [0.25, 0.3) is 0 Å². The number of unbranched alkanes of at least 4 members (excludes halogenated alkanes) is 20.